The first-order valence-corrected chi connectivity index (χ1v) is 8.31. The molecule has 1 aliphatic rings. The SMILES string of the molecule is Cc1nn(C)c(C)c1NC(=O)CN(C)Cc1ccc2c(c1)OCCO2. The van der Waals surface area contributed by atoms with Gasteiger partial charge in [0.2, 0.25) is 5.91 Å². The molecule has 1 aliphatic heterocycles. The number of aryl methyl sites for hydroxylation is 2. The third-order valence-electron chi connectivity index (χ3n) is 4.25. The first-order chi connectivity index (χ1) is 11.9. The lowest BCUT2D eigenvalue weighted by Gasteiger charge is -2.21. The zero-order valence-corrected chi connectivity index (χ0v) is 15.1. The Kier molecular flexibility index (Phi) is 4.94. The molecule has 1 aromatic heterocycles. The van der Waals surface area contributed by atoms with Crippen molar-refractivity contribution in [3.05, 3.63) is 35.2 Å². The van der Waals surface area contributed by atoms with E-state index in [2.05, 4.69) is 10.4 Å². The van der Waals surface area contributed by atoms with Crippen molar-refractivity contribution in [3.63, 3.8) is 0 Å². The minimum absolute atomic E-state index is 0.0563. The van der Waals surface area contributed by atoms with Crippen LogP contribution in [0.4, 0.5) is 5.69 Å². The second-order valence-corrected chi connectivity index (χ2v) is 6.37. The van der Waals surface area contributed by atoms with E-state index in [-0.39, 0.29) is 5.91 Å². The molecule has 7 heteroatoms. The average molecular weight is 344 g/mol. The van der Waals surface area contributed by atoms with E-state index >= 15 is 0 Å². The van der Waals surface area contributed by atoms with E-state index in [1.165, 1.54) is 0 Å². The molecule has 7 nitrogen and oxygen atoms in total. The Morgan fingerprint density at radius 2 is 2.00 bits per heavy atom. The molecule has 0 radical (unpaired) electrons. The van der Waals surface area contributed by atoms with Crippen LogP contribution in [0.25, 0.3) is 0 Å². The van der Waals surface area contributed by atoms with Crippen molar-refractivity contribution in [2.24, 2.45) is 7.05 Å². The third kappa shape index (κ3) is 3.93. The summed E-state index contributed by atoms with van der Waals surface area (Å²) < 4.78 is 12.9. The number of hydrogen-bond acceptors (Lipinski definition) is 5. The average Bonchev–Trinajstić information content (AvgIpc) is 2.81. The summed E-state index contributed by atoms with van der Waals surface area (Å²) in [6, 6.07) is 5.88. The Labute approximate surface area is 147 Å². The molecule has 0 saturated heterocycles. The largest absolute Gasteiger partial charge is 0.486 e. The molecule has 3 rings (SSSR count). The van der Waals surface area contributed by atoms with E-state index < -0.39 is 0 Å². The highest BCUT2D eigenvalue weighted by Crippen LogP contribution is 2.31. The summed E-state index contributed by atoms with van der Waals surface area (Å²) in [4.78, 5) is 14.3. The van der Waals surface area contributed by atoms with Crippen molar-refractivity contribution in [3.8, 4) is 11.5 Å². The van der Waals surface area contributed by atoms with Crippen LogP contribution in [0.2, 0.25) is 0 Å². The van der Waals surface area contributed by atoms with Gasteiger partial charge in [0.1, 0.15) is 13.2 Å². The topological polar surface area (TPSA) is 68.6 Å². The van der Waals surface area contributed by atoms with Gasteiger partial charge >= 0.3 is 0 Å². The van der Waals surface area contributed by atoms with Gasteiger partial charge in [-0.25, -0.2) is 0 Å². The molecule has 25 heavy (non-hydrogen) atoms. The van der Waals surface area contributed by atoms with Crippen LogP contribution in [0, 0.1) is 13.8 Å². The predicted molar refractivity (Wildman–Crippen MR) is 95.1 cm³/mol. The Hall–Kier alpha value is -2.54. The van der Waals surface area contributed by atoms with E-state index in [1.54, 1.807) is 4.68 Å². The van der Waals surface area contributed by atoms with Gasteiger partial charge in [-0.2, -0.15) is 5.10 Å². The molecule has 2 heterocycles. The highest BCUT2D eigenvalue weighted by Gasteiger charge is 2.15. The van der Waals surface area contributed by atoms with E-state index in [0.717, 1.165) is 34.1 Å². The standard InChI is InChI=1S/C18H24N4O3/c1-12-18(13(2)22(4)20-12)19-17(23)11-21(3)10-14-5-6-15-16(9-14)25-8-7-24-15/h5-6,9H,7-8,10-11H2,1-4H3,(H,19,23). The van der Waals surface area contributed by atoms with E-state index in [0.29, 0.717) is 26.3 Å². The number of nitrogens with one attached hydrogen (secondary N) is 1. The van der Waals surface area contributed by atoms with Crippen molar-refractivity contribution < 1.29 is 14.3 Å². The van der Waals surface area contributed by atoms with Crippen molar-refractivity contribution in [2.75, 3.05) is 32.1 Å². The lowest BCUT2D eigenvalue weighted by atomic mass is 10.2. The Morgan fingerprint density at radius 1 is 1.28 bits per heavy atom. The van der Waals surface area contributed by atoms with Gasteiger partial charge in [0.25, 0.3) is 0 Å². The maximum Gasteiger partial charge on any atom is 0.238 e. The van der Waals surface area contributed by atoms with Gasteiger partial charge in [-0.3, -0.25) is 14.4 Å². The van der Waals surface area contributed by atoms with Crippen molar-refractivity contribution in [1.29, 1.82) is 0 Å². The lowest BCUT2D eigenvalue weighted by Crippen LogP contribution is -2.30. The van der Waals surface area contributed by atoms with Gasteiger partial charge in [0.05, 0.1) is 23.6 Å². The summed E-state index contributed by atoms with van der Waals surface area (Å²) in [6.45, 7) is 5.92. The number of likely N-dealkylation sites (N-methyl/N-ethyl adjacent to an activating group) is 1. The Morgan fingerprint density at radius 3 is 2.68 bits per heavy atom. The number of carbonyl (C=O) groups is 1. The second-order valence-electron chi connectivity index (χ2n) is 6.37. The zero-order valence-electron chi connectivity index (χ0n) is 15.1. The lowest BCUT2D eigenvalue weighted by molar-refractivity contribution is -0.117. The molecule has 0 saturated carbocycles. The number of benzene rings is 1. The number of carbonyl (C=O) groups excluding carboxylic acids is 1. The highest BCUT2D eigenvalue weighted by molar-refractivity contribution is 5.93. The van der Waals surface area contributed by atoms with Crippen LogP contribution in [0.5, 0.6) is 11.5 Å². The number of fused-ring (bicyclic) bond motifs is 1. The number of aromatic nitrogens is 2. The normalized spacial score (nSPS) is 13.2. The summed E-state index contributed by atoms with van der Waals surface area (Å²) in [7, 11) is 3.78. The summed E-state index contributed by atoms with van der Waals surface area (Å²) in [6.07, 6.45) is 0. The highest BCUT2D eigenvalue weighted by atomic mass is 16.6. The molecule has 2 aromatic rings. The molecule has 134 valence electrons. The molecule has 0 fully saturated rings. The fourth-order valence-corrected chi connectivity index (χ4v) is 2.93. The Bertz CT molecular complexity index is 785. The van der Waals surface area contributed by atoms with Gasteiger partial charge in [0, 0.05) is 13.6 Å². The first kappa shape index (κ1) is 17.3. The number of amides is 1. The molecular formula is C18H24N4O3. The van der Waals surface area contributed by atoms with Crippen molar-refractivity contribution in [1.82, 2.24) is 14.7 Å². The molecular weight excluding hydrogens is 320 g/mol. The van der Waals surface area contributed by atoms with Crippen LogP contribution < -0.4 is 14.8 Å². The number of hydrogen-bond donors (Lipinski definition) is 1. The molecule has 1 N–H and O–H groups in total. The van der Waals surface area contributed by atoms with Crippen LogP contribution in [0.3, 0.4) is 0 Å². The molecule has 1 amide bonds. The molecule has 0 unspecified atom stereocenters. The van der Waals surface area contributed by atoms with Gasteiger partial charge in [-0.15, -0.1) is 0 Å². The molecule has 0 spiro atoms. The number of ether oxygens (including phenoxy) is 2. The molecule has 1 aromatic carbocycles. The molecule has 0 aliphatic carbocycles. The monoisotopic (exact) mass is 344 g/mol. The molecule has 0 atom stereocenters. The van der Waals surface area contributed by atoms with Crippen molar-refractivity contribution >= 4 is 11.6 Å². The van der Waals surface area contributed by atoms with Crippen LogP contribution in [-0.2, 0) is 18.4 Å². The van der Waals surface area contributed by atoms with E-state index in [9.17, 15) is 4.79 Å². The fraction of sp³-hybridized carbons (Fsp3) is 0.444. The zero-order chi connectivity index (χ0) is 18.0. The fourth-order valence-electron chi connectivity index (χ4n) is 2.93. The third-order valence-corrected chi connectivity index (χ3v) is 4.25. The summed E-state index contributed by atoms with van der Waals surface area (Å²) in [5.41, 5.74) is 3.64. The van der Waals surface area contributed by atoms with Crippen LogP contribution in [0.1, 0.15) is 17.0 Å². The van der Waals surface area contributed by atoms with Gasteiger partial charge in [-0.05, 0) is 38.6 Å². The van der Waals surface area contributed by atoms with E-state index in [4.69, 9.17) is 9.47 Å². The number of rotatable bonds is 5. The predicted octanol–water partition coefficient (Wildman–Crippen LogP) is 1.88. The van der Waals surface area contributed by atoms with Crippen LogP contribution in [0.15, 0.2) is 18.2 Å². The van der Waals surface area contributed by atoms with Crippen LogP contribution >= 0.6 is 0 Å². The maximum atomic E-state index is 12.3. The maximum absolute atomic E-state index is 12.3. The Balaban J connectivity index is 1.58. The molecule has 0 bridgehead atoms. The summed E-state index contributed by atoms with van der Waals surface area (Å²) in [5, 5.41) is 7.27. The van der Waals surface area contributed by atoms with E-state index in [1.807, 2.05) is 51.0 Å². The quantitative estimate of drug-likeness (QED) is 0.897. The smallest absolute Gasteiger partial charge is 0.238 e. The summed E-state index contributed by atoms with van der Waals surface area (Å²) >= 11 is 0. The first-order valence-electron chi connectivity index (χ1n) is 8.31. The summed E-state index contributed by atoms with van der Waals surface area (Å²) in [5.74, 6) is 1.49. The second kappa shape index (κ2) is 7.14. The number of anilines is 1. The van der Waals surface area contributed by atoms with Crippen molar-refractivity contribution in [2.45, 2.75) is 20.4 Å². The van der Waals surface area contributed by atoms with Gasteiger partial charge < -0.3 is 14.8 Å². The van der Waals surface area contributed by atoms with Gasteiger partial charge in [0.15, 0.2) is 11.5 Å². The minimum Gasteiger partial charge on any atom is -0.486 e. The number of nitrogens with zero attached hydrogens (tertiary/aromatic N) is 3. The van der Waals surface area contributed by atoms with Gasteiger partial charge in [-0.1, -0.05) is 6.07 Å². The van der Waals surface area contributed by atoms with Crippen LogP contribution in [-0.4, -0.2) is 47.4 Å². The minimum atomic E-state index is -0.0563.